The molecule has 1 aromatic rings. The van der Waals surface area contributed by atoms with Crippen LogP contribution in [0, 0.1) is 11.8 Å². The van der Waals surface area contributed by atoms with Crippen LogP contribution in [-0.2, 0) is 4.79 Å². The number of carboxylic acid groups (broad SMARTS) is 1. The predicted octanol–water partition coefficient (Wildman–Crippen LogP) is 3.21. The molecule has 0 saturated heterocycles. The number of aliphatic carboxylic acids is 1. The number of hydrogen-bond acceptors (Lipinski definition) is 2. The topological polar surface area (TPSA) is 46.5 Å². The molecule has 0 fully saturated rings. The summed E-state index contributed by atoms with van der Waals surface area (Å²) < 4.78 is 5.21. The molecule has 0 aliphatic heterocycles. The molecule has 0 unspecified atom stereocenters. The maximum atomic E-state index is 11.1. The fraction of sp³-hybridized carbons (Fsp3) is 0.400. The molecule has 3 nitrogen and oxygen atoms in total. The van der Waals surface area contributed by atoms with E-state index in [0.717, 1.165) is 17.7 Å². The lowest BCUT2D eigenvalue weighted by atomic mass is 9.80. The summed E-state index contributed by atoms with van der Waals surface area (Å²) in [5.41, 5.74) is 2.35. The third-order valence-electron chi connectivity index (χ3n) is 3.58. The van der Waals surface area contributed by atoms with Gasteiger partial charge in [0.25, 0.3) is 0 Å². The molecule has 1 aliphatic rings. The monoisotopic (exact) mass is 246 g/mol. The molecule has 0 saturated carbocycles. The second-order valence-electron chi connectivity index (χ2n) is 4.77. The van der Waals surface area contributed by atoms with Gasteiger partial charge < -0.3 is 9.84 Å². The van der Waals surface area contributed by atoms with Gasteiger partial charge in [-0.2, -0.15) is 0 Å². The zero-order chi connectivity index (χ0) is 13.1. The summed E-state index contributed by atoms with van der Waals surface area (Å²) in [6, 6.07) is 7.92. The molecule has 96 valence electrons. The van der Waals surface area contributed by atoms with Crippen molar-refractivity contribution in [3.05, 3.63) is 35.9 Å². The highest BCUT2D eigenvalue weighted by Crippen LogP contribution is 2.34. The normalized spacial score (nSPS) is 23.3. The van der Waals surface area contributed by atoms with Crippen LogP contribution in [-0.4, -0.2) is 18.2 Å². The van der Waals surface area contributed by atoms with Gasteiger partial charge in [-0.05, 0) is 42.0 Å². The molecule has 1 aromatic carbocycles. The van der Waals surface area contributed by atoms with Crippen molar-refractivity contribution in [2.75, 3.05) is 7.11 Å². The van der Waals surface area contributed by atoms with Crippen molar-refractivity contribution in [2.24, 2.45) is 11.8 Å². The Balaban J connectivity index is 2.24. The molecule has 0 radical (unpaired) electrons. The number of carbonyl (C=O) groups is 1. The van der Waals surface area contributed by atoms with Gasteiger partial charge in [-0.3, -0.25) is 4.79 Å². The van der Waals surface area contributed by atoms with E-state index in [1.165, 1.54) is 5.57 Å². The van der Waals surface area contributed by atoms with Gasteiger partial charge >= 0.3 is 5.97 Å². The Morgan fingerprint density at radius 1 is 1.44 bits per heavy atom. The Labute approximate surface area is 107 Å². The first kappa shape index (κ1) is 12.7. The fourth-order valence-corrected chi connectivity index (χ4v) is 2.50. The average molecular weight is 246 g/mol. The molecule has 0 aromatic heterocycles. The molecule has 2 atom stereocenters. The van der Waals surface area contributed by atoms with Crippen molar-refractivity contribution in [3.8, 4) is 5.75 Å². The number of carboxylic acids is 1. The maximum absolute atomic E-state index is 11.1. The van der Waals surface area contributed by atoms with E-state index in [2.05, 4.69) is 6.08 Å². The molecule has 1 aliphatic carbocycles. The minimum atomic E-state index is -0.691. The Kier molecular flexibility index (Phi) is 3.70. The van der Waals surface area contributed by atoms with Crippen LogP contribution in [0.15, 0.2) is 30.3 Å². The summed E-state index contributed by atoms with van der Waals surface area (Å²) in [6.45, 7) is 1.97. The van der Waals surface area contributed by atoms with Crippen LogP contribution in [0.1, 0.15) is 25.3 Å². The summed E-state index contributed by atoms with van der Waals surface area (Å²) in [5.74, 6) is -0.0262. The molecule has 0 amide bonds. The van der Waals surface area contributed by atoms with E-state index in [1.807, 2.05) is 31.2 Å². The Hall–Kier alpha value is -1.77. The van der Waals surface area contributed by atoms with E-state index < -0.39 is 5.97 Å². The SMILES string of the molecule is COc1cccc(C2=C[C@H](C)[C@H](C(=O)O)CC2)c1. The standard InChI is InChI=1S/C15H18O3/c1-10-8-12(6-7-14(10)15(16)17)11-4-3-5-13(9-11)18-2/h3-5,8-10,14H,6-7H2,1-2H3,(H,16,17)/t10-,14+/m0/s1. The summed E-state index contributed by atoms with van der Waals surface area (Å²) in [5, 5.41) is 9.10. The van der Waals surface area contributed by atoms with Crippen LogP contribution in [0.3, 0.4) is 0 Å². The second-order valence-corrected chi connectivity index (χ2v) is 4.77. The van der Waals surface area contributed by atoms with Crippen LogP contribution >= 0.6 is 0 Å². The number of allylic oxidation sites excluding steroid dienone is 2. The highest BCUT2D eigenvalue weighted by atomic mass is 16.5. The van der Waals surface area contributed by atoms with E-state index >= 15 is 0 Å². The van der Waals surface area contributed by atoms with E-state index in [4.69, 9.17) is 9.84 Å². The van der Waals surface area contributed by atoms with Gasteiger partial charge in [-0.1, -0.05) is 25.1 Å². The molecular formula is C15H18O3. The van der Waals surface area contributed by atoms with Crippen LogP contribution in [0.4, 0.5) is 0 Å². The summed E-state index contributed by atoms with van der Waals surface area (Å²) >= 11 is 0. The maximum Gasteiger partial charge on any atom is 0.307 e. The van der Waals surface area contributed by atoms with Gasteiger partial charge in [0.1, 0.15) is 5.75 Å². The Morgan fingerprint density at radius 3 is 2.83 bits per heavy atom. The predicted molar refractivity (Wildman–Crippen MR) is 70.5 cm³/mol. The van der Waals surface area contributed by atoms with Crippen LogP contribution in [0.2, 0.25) is 0 Å². The lowest BCUT2D eigenvalue weighted by molar-refractivity contribution is -0.143. The second kappa shape index (κ2) is 5.25. The fourth-order valence-electron chi connectivity index (χ4n) is 2.50. The van der Waals surface area contributed by atoms with Crippen molar-refractivity contribution >= 4 is 11.5 Å². The van der Waals surface area contributed by atoms with Gasteiger partial charge in [0.2, 0.25) is 0 Å². The third kappa shape index (κ3) is 2.55. The van der Waals surface area contributed by atoms with E-state index in [1.54, 1.807) is 7.11 Å². The van der Waals surface area contributed by atoms with Crippen LogP contribution in [0.5, 0.6) is 5.75 Å². The van der Waals surface area contributed by atoms with Crippen molar-refractivity contribution in [1.82, 2.24) is 0 Å². The highest BCUT2D eigenvalue weighted by molar-refractivity contribution is 5.75. The Morgan fingerprint density at radius 2 is 2.22 bits per heavy atom. The molecule has 3 heteroatoms. The van der Waals surface area contributed by atoms with Crippen LogP contribution in [0.25, 0.3) is 5.57 Å². The van der Waals surface area contributed by atoms with Crippen molar-refractivity contribution in [1.29, 1.82) is 0 Å². The molecule has 0 heterocycles. The summed E-state index contributed by atoms with van der Waals surface area (Å²) in [7, 11) is 1.65. The number of methoxy groups -OCH3 is 1. The van der Waals surface area contributed by atoms with Gasteiger partial charge in [0, 0.05) is 0 Å². The molecule has 0 bridgehead atoms. The van der Waals surface area contributed by atoms with Crippen molar-refractivity contribution < 1.29 is 14.6 Å². The van der Waals surface area contributed by atoms with Crippen LogP contribution < -0.4 is 4.74 Å². The first-order valence-electron chi connectivity index (χ1n) is 6.19. The van der Waals surface area contributed by atoms with Gasteiger partial charge in [-0.25, -0.2) is 0 Å². The number of ether oxygens (including phenoxy) is 1. The molecule has 0 spiro atoms. The minimum Gasteiger partial charge on any atom is -0.497 e. The number of hydrogen-bond donors (Lipinski definition) is 1. The average Bonchev–Trinajstić information content (AvgIpc) is 2.38. The minimum absolute atomic E-state index is 0.0810. The number of rotatable bonds is 3. The van der Waals surface area contributed by atoms with E-state index in [0.29, 0.717) is 6.42 Å². The van der Waals surface area contributed by atoms with Gasteiger partial charge in [0.15, 0.2) is 0 Å². The summed E-state index contributed by atoms with van der Waals surface area (Å²) in [6.07, 6.45) is 3.60. The summed E-state index contributed by atoms with van der Waals surface area (Å²) in [4.78, 5) is 11.1. The molecule has 2 rings (SSSR count). The number of benzene rings is 1. The van der Waals surface area contributed by atoms with Gasteiger partial charge in [0.05, 0.1) is 13.0 Å². The van der Waals surface area contributed by atoms with Gasteiger partial charge in [-0.15, -0.1) is 0 Å². The quantitative estimate of drug-likeness (QED) is 0.890. The smallest absolute Gasteiger partial charge is 0.307 e. The highest BCUT2D eigenvalue weighted by Gasteiger charge is 2.27. The third-order valence-corrected chi connectivity index (χ3v) is 3.58. The van der Waals surface area contributed by atoms with Crippen molar-refractivity contribution in [3.63, 3.8) is 0 Å². The Bertz CT molecular complexity index is 476. The first-order chi connectivity index (χ1) is 8.61. The zero-order valence-corrected chi connectivity index (χ0v) is 10.7. The molecular weight excluding hydrogens is 228 g/mol. The zero-order valence-electron chi connectivity index (χ0n) is 10.7. The lowest BCUT2D eigenvalue weighted by Crippen LogP contribution is -2.23. The van der Waals surface area contributed by atoms with E-state index in [9.17, 15) is 4.79 Å². The largest absolute Gasteiger partial charge is 0.497 e. The molecule has 1 N–H and O–H groups in total. The van der Waals surface area contributed by atoms with Crippen molar-refractivity contribution in [2.45, 2.75) is 19.8 Å². The molecule has 18 heavy (non-hydrogen) atoms. The van der Waals surface area contributed by atoms with E-state index in [-0.39, 0.29) is 11.8 Å². The first-order valence-corrected chi connectivity index (χ1v) is 6.19. The lowest BCUT2D eigenvalue weighted by Gasteiger charge is -2.24.